The minimum Gasteiger partial charge on any atom is -0.468 e. The summed E-state index contributed by atoms with van der Waals surface area (Å²) in [5.74, 6) is -0.219. The number of methoxy groups -OCH3 is 1. The van der Waals surface area contributed by atoms with Crippen LogP contribution in [0.4, 0.5) is 0 Å². The van der Waals surface area contributed by atoms with Crippen LogP contribution in [0.3, 0.4) is 0 Å². The van der Waals surface area contributed by atoms with Crippen molar-refractivity contribution in [2.24, 2.45) is 0 Å². The highest BCUT2D eigenvalue weighted by molar-refractivity contribution is 5.71. The summed E-state index contributed by atoms with van der Waals surface area (Å²) in [6.07, 6.45) is 3.25. The van der Waals surface area contributed by atoms with Gasteiger partial charge in [0.25, 0.3) is 0 Å². The van der Waals surface area contributed by atoms with Gasteiger partial charge in [0.05, 0.1) is 13.7 Å². The molecule has 94 valence electrons. The fourth-order valence-electron chi connectivity index (χ4n) is 1.66. The summed E-state index contributed by atoms with van der Waals surface area (Å²) in [4.78, 5) is 10.9. The first kappa shape index (κ1) is 13.7. The molecule has 0 aliphatic rings. The Labute approximate surface area is 103 Å². The van der Waals surface area contributed by atoms with Crippen molar-refractivity contribution < 1.29 is 9.53 Å². The van der Waals surface area contributed by atoms with Gasteiger partial charge < -0.3 is 10.1 Å². The first-order valence-electron chi connectivity index (χ1n) is 6.11. The van der Waals surface area contributed by atoms with Crippen LogP contribution >= 0.6 is 0 Å². The first-order valence-corrected chi connectivity index (χ1v) is 6.11. The van der Waals surface area contributed by atoms with Gasteiger partial charge in [-0.05, 0) is 30.5 Å². The van der Waals surface area contributed by atoms with Crippen molar-refractivity contribution in [1.29, 1.82) is 0 Å². The van der Waals surface area contributed by atoms with Crippen LogP contribution in [0.1, 0.15) is 24.5 Å². The second-order valence-electron chi connectivity index (χ2n) is 4.07. The Morgan fingerprint density at radius 3 is 2.29 bits per heavy atom. The molecule has 3 nitrogen and oxygen atoms in total. The van der Waals surface area contributed by atoms with Gasteiger partial charge in [-0.3, -0.25) is 4.79 Å². The van der Waals surface area contributed by atoms with E-state index in [1.54, 1.807) is 0 Å². The Morgan fingerprint density at radius 2 is 1.76 bits per heavy atom. The number of aryl methyl sites for hydroxylation is 1. The number of esters is 1. The van der Waals surface area contributed by atoms with Crippen molar-refractivity contribution in [3.63, 3.8) is 0 Å². The van der Waals surface area contributed by atoms with E-state index in [1.807, 2.05) is 0 Å². The van der Waals surface area contributed by atoms with E-state index in [0.717, 1.165) is 19.4 Å². The monoisotopic (exact) mass is 235 g/mol. The summed E-state index contributed by atoms with van der Waals surface area (Å²) in [5.41, 5.74) is 2.68. The molecule has 0 aliphatic carbocycles. The fraction of sp³-hybridized carbons (Fsp3) is 0.500. The van der Waals surface area contributed by atoms with Gasteiger partial charge in [-0.2, -0.15) is 0 Å². The smallest absolute Gasteiger partial charge is 0.319 e. The molecule has 0 saturated carbocycles. The molecule has 0 spiro atoms. The van der Waals surface area contributed by atoms with E-state index in [-0.39, 0.29) is 12.5 Å². The van der Waals surface area contributed by atoms with E-state index >= 15 is 0 Å². The van der Waals surface area contributed by atoms with E-state index in [1.165, 1.54) is 24.7 Å². The molecule has 0 aliphatic heterocycles. The molecule has 0 heterocycles. The lowest BCUT2D eigenvalue weighted by molar-refractivity contribution is -0.139. The fourth-order valence-corrected chi connectivity index (χ4v) is 1.66. The number of hydrogen-bond donors (Lipinski definition) is 1. The number of carbonyl (C=O) groups excluding carboxylic acids is 1. The highest BCUT2D eigenvalue weighted by Gasteiger charge is 1.98. The topological polar surface area (TPSA) is 38.3 Å². The summed E-state index contributed by atoms with van der Waals surface area (Å²) < 4.78 is 4.54. The Balaban J connectivity index is 2.25. The largest absolute Gasteiger partial charge is 0.468 e. The van der Waals surface area contributed by atoms with Crippen molar-refractivity contribution in [3.8, 4) is 0 Å². The third kappa shape index (κ3) is 5.50. The second-order valence-corrected chi connectivity index (χ2v) is 4.07. The highest BCUT2D eigenvalue weighted by atomic mass is 16.5. The molecule has 17 heavy (non-hydrogen) atoms. The van der Waals surface area contributed by atoms with Gasteiger partial charge in [0, 0.05) is 0 Å². The summed E-state index contributed by atoms with van der Waals surface area (Å²) in [6.45, 7) is 3.26. The molecule has 0 unspecified atom stereocenters. The van der Waals surface area contributed by atoms with E-state index in [9.17, 15) is 4.79 Å². The predicted octanol–water partition coefficient (Wildman–Crippen LogP) is 1.94. The van der Waals surface area contributed by atoms with Gasteiger partial charge in [-0.15, -0.1) is 0 Å². The average Bonchev–Trinajstić information content (AvgIpc) is 2.36. The molecule has 0 fully saturated rings. The Kier molecular flexibility index (Phi) is 6.33. The zero-order chi connectivity index (χ0) is 12.5. The molecule has 3 heteroatoms. The molecule has 1 aromatic carbocycles. The summed E-state index contributed by atoms with van der Waals surface area (Å²) in [6, 6.07) is 8.67. The van der Waals surface area contributed by atoms with Crippen molar-refractivity contribution in [2.75, 3.05) is 20.2 Å². The van der Waals surface area contributed by atoms with Gasteiger partial charge in [0.15, 0.2) is 0 Å². The van der Waals surface area contributed by atoms with E-state index < -0.39 is 0 Å². The molecule has 1 rings (SSSR count). The minimum absolute atomic E-state index is 0.219. The molecule has 0 bridgehead atoms. The summed E-state index contributed by atoms with van der Waals surface area (Å²) >= 11 is 0. The van der Waals surface area contributed by atoms with Gasteiger partial charge in [-0.1, -0.05) is 37.6 Å². The number of rotatable bonds is 7. The van der Waals surface area contributed by atoms with Gasteiger partial charge in [0.1, 0.15) is 0 Å². The molecule has 1 aromatic rings. The molecule has 0 radical (unpaired) electrons. The quantitative estimate of drug-likeness (QED) is 0.580. The third-order valence-electron chi connectivity index (χ3n) is 2.65. The van der Waals surface area contributed by atoms with Crippen LogP contribution in [0.5, 0.6) is 0 Å². The van der Waals surface area contributed by atoms with Crippen LogP contribution in [0, 0.1) is 0 Å². The lowest BCUT2D eigenvalue weighted by atomic mass is 10.1. The molecule has 0 atom stereocenters. The van der Waals surface area contributed by atoms with Crippen LogP contribution in [-0.2, 0) is 22.4 Å². The maximum absolute atomic E-state index is 10.9. The Hall–Kier alpha value is -1.35. The van der Waals surface area contributed by atoms with Crippen LogP contribution in [-0.4, -0.2) is 26.2 Å². The molecule has 0 amide bonds. The van der Waals surface area contributed by atoms with Crippen LogP contribution in [0.2, 0.25) is 0 Å². The number of benzene rings is 1. The Morgan fingerprint density at radius 1 is 1.18 bits per heavy atom. The number of nitrogens with one attached hydrogen (secondary N) is 1. The van der Waals surface area contributed by atoms with Gasteiger partial charge in [0.2, 0.25) is 0 Å². The van der Waals surface area contributed by atoms with Crippen LogP contribution < -0.4 is 5.32 Å². The number of carbonyl (C=O) groups is 1. The first-order chi connectivity index (χ1) is 8.26. The van der Waals surface area contributed by atoms with E-state index in [2.05, 4.69) is 41.2 Å². The van der Waals surface area contributed by atoms with Crippen LogP contribution in [0.15, 0.2) is 24.3 Å². The molecular formula is C14H21NO2. The lowest BCUT2D eigenvalue weighted by Crippen LogP contribution is -2.25. The Bertz CT molecular complexity index is 333. The third-order valence-corrected chi connectivity index (χ3v) is 2.65. The van der Waals surface area contributed by atoms with Crippen molar-refractivity contribution in [1.82, 2.24) is 5.32 Å². The summed E-state index contributed by atoms with van der Waals surface area (Å²) in [7, 11) is 1.40. The van der Waals surface area contributed by atoms with Crippen molar-refractivity contribution in [3.05, 3.63) is 35.4 Å². The van der Waals surface area contributed by atoms with Crippen molar-refractivity contribution >= 4 is 5.97 Å². The predicted molar refractivity (Wildman–Crippen MR) is 69.0 cm³/mol. The standard InChI is InChI=1S/C14H21NO2/c1-3-4-12-5-7-13(8-6-12)9-10-15-11-14(16)17-2/h5-8,15H,3-4,9-11H2,1-2H3. The van der Waals surface area contributed by atoms with Crippen LogP contribution in [0.25, 0.3) is 0 Å². The molecule has 0 saturated heterocycles. The number of ether oxygens (including phenoxy) is 1. The van der Waals surface area contributed by atoms with Gasteiger partial charge in [-0.25, -0.2) is 0 Å². The molecule has 0 aromatic heterocycles. The summed E-state index contributed by atoms with van der Waals surface area (Å²) in [5, 5.41) is 3.05. The van der Waals surface area contributed by atoms with Crippen molar-refractivity contribution in [2.45, 2.75) is 26.2 Å². The van der Waals surface area contributed by atoms with Gasteiger partial charge >= 0.3 is 5.97 Å². The SMILES string of the molecule is CCCc1ccc(CCNCC(=O)OC)cc1. The normalized spacial score (nSPS) is 10.2. The maximum Gasteiger partial charge on any atom is 0.319 e. The molecular weight excluding hydrogens is 214 g/mol. The zero-order valence-electron chi connectivity index (χ0n) is 10.7. The minimum atomic E-state index is -0.219. The zero-order valence-corrected chi connectivity index (χ0v) is 10.7. The highest BCUT2D eigenvalue weighted by Crippen LogP contribution is 2.06. The maximum atomic E-state index is 10.9. The second kappa shape index (κ2) is 7.85. The lowest BCUT2D eigenvalue weighted by Gasteiger charge is -2.05. The number of hydrogen-bond acceptors (Lipinski definition) is 3. The average molecular weight is 235 g/mol. The molecule has 1 N–H and O–H groups in total. The van der Waals surface area contributed by atoms with E-state index in [4.69, 9.17) is 0 Å². The van der Waals surface area contributed by atoms with E-state index in [0.29, 0.717) is 0 Å².